The van der Waals surface area contributed by atoms with Crippen LogP contribution in [0.25, 0.3) is 11.0 Å². The van der Waals surface area contributed by atoms with Crippen molar-refractivity contribution in [2.75, 3.05) is 0 Å². The molecule has 0 unspecified atom stereocenters. The number of hydrogen-bond donors (Lipinski definition) is 1. The van der Waals surface area contributed by atoms with Crippen LogP contribution in [0.4, 0.5) is 4.39 Å². The molecule has 0 aliphatic heterocycles. The molecule has 18 heavy (non-hydrogen) atoms. The van der Waals surface area contributed by atoms with E-state index >= 15 is 0 Å². The summed E-state index contributed by atoms with van der Waals surface area (Å²) >= 11 is 0. The molecule has 3 heteroatoms. The average molecular weight is 242 g/mol. The largest absolute Gasteiger partial charge is 0.504 e. The maximum Gasteiger partial charge on any atom is 0.161 e. The zero-order valence-corrected chi connectivity index (χ0v) is 9.56. The van der Waals surface area contributed by atoms with E-state index in [2.05, 4.69) is 0 Å². The Morgan fingerprint density at radius 3 is 2.50 bits per heavy atom. The highest BCUT2D eigenvalue weighted by molar-refractivity contribution is 5.84. The standard InChI is InChI=1S/C15H11FO2/c16-12-4-1-10(2-5-12)7-11-3-6-15-13(8-11)14(17)9-18-15/h1-6,8-9,17H,7H2. The van der Waals surface area contributed by atoms with E-state index in [1.54, 1.807) is 12.1 Å². The topological polar surface area (TPSA) is 33.4 Å². The van der Waals surface area contributed by atoms with E-state index < -0.39 is 0 Å². The van der Waals surface area contributed by atoms with Gasteiger partial charge in [0.2, 0.25) is 0 Å². The molecular weight excluding hydrogens is 231 g/mol. The molecule has 1 heterocycles. The molecule has 0 bridgehead atoms. The smallest absolute Gasteiger partial charge is 0.161 e. The Balaban J connectivity index is 1.94. The van der Waals surface area contributed by atoms with E-state index in [0.717, 1.165) is 11.1 Å². The van der Waals surface area contributed by atoms with E-state index in [1.807, 2.05) is 18.2 Å². The molecule has 3 rings (SSSR count). The third kappa shape index (κ3) is 1.95. The molecule has 0 saturated heterocycles. The van der Waals surface area contributed by atoms with Gasteiger partial charge in [-0.2, -0.15) is 0 Å². The zero-order chi connectivity index (χ0) is 12.5. The molecular formula is C15H11FO2. The SMILES string of the molecule is Oc1coc2ccc(Cc3ccc(F)cc3)cc12. The molecule has 1 N–H and O–H groups in total. The Bertz CT molecular complexity index is 683. The highest BCUT2D eigenvalue weighted by atomic mass is 19.1. The van der Waals surface area contributed by atoms with Crippen LogP contribution in [-0.2, 0) is 6.42 Å². The summed E-state index contributed by atoms with van der Waals surface area (Å²) in [6.07, 6.45) is 2.02. The fraction of sp³-hybridized carbons (Fsp3) is 0.0667. The molecule has 0 saturated carbocycles. The van der Waals surface area contributed by atoms with Gasteiger partial charge in [-0.1, -0.05) is 18.2 Å². The fourth-order valence-corrected chi connectivity index (χ4v) is 2.01. The van der Waals surface area contributed by atoms with Gasteiger partial charge in [-0.3, -0.25) is 0 Å². The van der Waals surface area contributed by atoms with E-state index in [4.69, 9.17) is 4.42 Å². The lowest BCUT2D eigenvalue weighted by Crippen LogP contribution is -1.88. The van der Waals surface area contributed by atoms with E-state index in [1.165, 1.54) is 18.4 Å². The number of hydrogen-bond acceptors (Lipinski definition) is 2. The number of furan rings is 1. The Morgan fingerprint density at radius 2 is 1.72 bits per heavy atom. The molecule has 0 atom stereocenters. The second-order valence-corrected chi connectivity index (χ2v) is 4.25. The maximum atomic E-state index is 12.8. The minimum atomic E-state index is -0.235. The molecule has 3 aromatic rings. The Morgan fingerprint density at radius 1 is 1.00 bits per heavy atom. The van der Waals surface area contributed by atoms with Gasteiger partial charge in [-0.15, -0.1) is 0 Å². The lowest BCUT2D eigenvalue weighted by molar-refractivity contribution is 0.464. The number of rotatable bonds is 2. The molecule has 2 nitrogen and oxygen atoms in total. The summed E-state index contributed by atoms with van der Waals surface area (Å²) < 4.78 is 18.0. The highest BCUT2D eigenvalue weighted by Crippen LogP contribution is 2.28. The predicted molar refractivity (Wildman–Crippen MR) is 67.1 cm³/mol. The molecule has 0 aliphatic rings. The van der Waals surface area contributed by atoms with Crippen molar-refractivity contribution in [1.29, 1.82) is 0 Å². The molecule has 90 valence electrons. The van der Waals surface area contributed by atoms with Gasteiger partial charge in [-0.25, -0.2) is 4.39 Å². The van der Waals surface area contributed by atoms with E-state index in [0.29, 0.717) is 17.4 Å². The molecule has 0 radical (unpaired) electrons. The van der Waals surface area contributed by atoms with Crippen LogP contribution in [-0.4, -0.2) is 5.11 Å². The molecule has 0 spiro atoms. The first-order chi connectivity index (χ1) is 8.72. The van der Waals surface area contributed by atoms with Gasteiger partial charge in [0.25, 0.3) is 0 Å². The summed E-state index contributed by atoms with van der Waals surface area (Å²) in [7, 11) is 0. The van der Waals surface area contributed by atoms with Crippen molar-refractivity contribution in [3.8, 4) is 5.75 Å². The summed E-state index contributed by atoms with van der Waals surface area (Å²) in [5, 5.41) is 10.3. The van der Waals surface area contributed by atoms with Gasteiger partial charge >= 0.3 is 0 Å². The quantitative estimate of drug-likeness (QED) is 0.740. The van der Waals surface area contributed by atoms with Crippen LogP contribution in [0.5, 0.6) is 5.75 Å². The van der Waals surface area contributed by atoms with Gasteiger partial charge in [0, 0.05) is 0 Å². The Kier molecular flexibility index (Phi) is 2.52. The van der Waals surface area contributed by atoms with Crippen molar-refractivity contribution >= 4 is 11.0 Å². The molecule has 1 aromatic heterocycles. The lowest BCUT2D eigenvalue weighted by atomic mass is 10.0. The first-order valence-electron chi connectivity index (χ1n) is 5.66. The average Bonchev–Trinajstić information content (AvgIpc) is 2.74. The normalized spacial score (nSPS) is 10.9. The number of benzene rings is 2. The number of aromatic hydroxyl groups is 1. The predicted octanol–water partition coefficient (Wildman–Crippen LogP) is 3.87. The van der Waals surface area contributed by atoms with E-state index in [9.17, 15) is 9.50 Å². The maximum absolute atomic E-state index is 12.8. The Labute approximate surface area is 103 Å². The summed E-state index contributed by atoms with van der Waals surface area (Å²) in [4.78, 5) is 0. The van der Waals surface area contributed by atoms with Crippen LogP contribution in [0.15, 0.2) is 53.1 Å². The molecule has 0 amide bonds. The molecule has 0 aliphatic carbocycles. The van der Waals surface area contributed by atoms with E-state index in [-0.39, 0.29) is 11.6 Å². The zero-order valence-electron chi connectivity index (χ0n) is 9.56. The van der Waals surface area contributed by atoms with Gasteiger partial charge < -0.3 is 9.52 Å². The first-order valence-corrected chi connectivity index (χ1v) is 5.66. The fourth-order valence-electron chi connectivity index (χ4n) is 2.01. The van der Waals surface area contributed by atoms with Crippen LogP contribution in [0.2, 0.25) is 0 Å². The lowest BCUT2D eigenvalue weighted by Gasteiger charge is -2.02. The monoisotopic (exact) mass is 242 g/mol. The van der Waals surface area contributed by atoms with Gasteiger partial charge in [0.05, 0.1) is 5.39 Å². The molecule has 2 aromatic carbocycles. The van der Waals surface area contributed by atoms with Crippen LogP contribution < -0.4 is 0 Å². The second-order valence-electron chi connectivity index (χ2n) is 4.25. The van der Waals surface area contributed by atoms with Crippen LogP contribution in [0, 0.1) is 5.82 Å². The van der Waals surface area contributed by atoms with Crippen LogP contribution in [0.1, 0.15) is 11.1 Å². The van der Waals surface area contributed by atoms with Crippen molar-refractivity contribution in [3.63, 3.8) is 0 Å². The minimum Gasteiger partial charge on any atom is -0.504 e. The number of fused-ring (bicyclic) bond motifs is 1. The summed E-state index contributed by atoms with van der Waals surface area (Å²) in [5.41, 5.74) is 2.74. The highest BCUT2D eigenvalue weighted by Gasteiger charge is 2.05. The third-order valence-corrected chi connectivity index (χ3v) is 2.94. The summed E-state index contributed by atoms with van der Waals surface area (Å²) in [6.45, 7) is 0. The van der Waals surface area contributed by atoms with Crippen molar-refractivity contribution in [1.82, 2.24) is 0 Å². The summed E-state index contributed by atoms with van der Waals surface area (Å²) in [5.74, 6) is -0.0902. The Hall–Kier alpha value is -2.29. The number of halogens is 1. The van der Waals surface area contributed by atoms with Gasteiger partial charge in [0.1, 0.15) is 17.7 Å². The van der Waals surface area contributed by atoms with Crippen molar-refractivity contribution < 1.29 is 13.9 Å². The van der Waals surface area contributed by atoms with Crippen molar-refractivity contribution in [2.45, 2.75) is 6.42 Å². The first kappa shape index (κ1) is 10.8. The van der Waals surface area contributed by atoms with Gasteiger partial charge in [-0.05, 0) is 41.8 Å². The third-order valence-electron chi connectivity index (χ3n) is 2.94. The molecule has 0 fully saturated rings. The van der Waals surface area contributed by atoms with Crippen LogP contribution >= 0.6 is 0 Å². The van der Waals surface area contributed by atoms with Crippen molar-refractivity contribution in [3.05, 3.63) is 65.7 Å². The summed E-state index contributed by atoms with van der Waals surface area (Å²) in [6, 6.07) is 12.1. The minimum absolute atomic E-state index is 0.144. The second kappa shape index (κ2) is 4.18. The van der Waals surface area contributed by atoms with Crippen molar-refractivity contribution in [2.24, 2.45) is 0 Å². The van der Waals surface area contributed by atoms with Crippen LogP contribution in [0.3, 0.4) is 0 Å². The van der Waals surface area contributed by atoms with Gasteiger partial charge in [0.15, 0.2) is 5.75 Å².